The maximum atomic E-state index is 12.0. The van der Waals surface area contributed by atoms with Gasteiger partial charge in [0.15, 0.2) is 5.54 Å². The summed E-state index contributed by atoms with van der Waals surface area (Å²) in [7, 11) is 1.46. The van der Waals surface area contributed by atoms with Crippen molar-refractivity contribution in [2.24, 2.45) is 5.73 Å². The number of nitrogens with one attached hydrogen (secondary N) is 1. The van der Waals surface area contributed by atoms with E-state index in [1.807, 2.05) is 0 Å². The maximum Gasteiger partial charge on any atom is 0.333 e. The van der Waals surface area contributed by atoms with Crippen LogP contribution in [-0.4, -0.2) is 36.7 Å². The van der Waals surface area contributed by atoms with Crippen molar-refractivity contribution in [1.29, 1.82) is 0 Å². The first kappa shape index (κ1) is 16.1. The third-order valence-electron chi connectivity index (χ3n) is 3.18. The first-order chi connectivity index (χ1) is 9.43. The fourth-order valence-electron chi connectivity index (χ4n) is 1.82. The summed E-state index contributed by atoms with van der Waals surface area (Å²) in [5.41, 5.74) is 4.47. The number of carbonyl (C=O) groups is 2. The number of rotatable bonds is 7. The van der Waals surface area contributed by atoms with Crippen LogP contribution in [0.15, 0.2) is 30.3 Å². The van der Waals surface area contributed by atoms with Gasteiger partial charge in [-0.05, 0) is 12.5 Å². The van der Waals surface area contributed by atoms with Crippen LogP contribution in [0, 0.1) is 0 Å². The number of amides is 1. The topological polar surface area (TPSA) is 102 Å². The Morgan fingerprint density at radius 2 is 2.00 bits per heavy atom. The van der Waals surface area contributed by atoms with Crippen LogP contribution in [-0.2, 0) is 19.9 Å². The zero-order chi connectivity index (χ0) is 15.2. The first-order valence-electron chi connectivity index (χ1n) is 6.26. The van der Waals surface area contributed by atoms with Gasteiger partial charge in [-0.1, -0.05) is 30.3 Å². The maximum absolute atomic E-state index is 12.0. The summed E-state index contributed by atoms with van der Waals surface area (Å²) in [5.74, 6) is -1.55. The van der Waals surface area contributed by atoms with Gasteiger partial charge in [-0.3, -0.25) is 4.79 Å². The van der Waals surface area contributed by atoms with E-state index in [4.69, 9.17) is 10.5 Å². The molecule has 0 fully saturated rings. The molecule has 0 bridgehead atoms. The zero-order valence-electron chi connectivity index (χ0n) is 11.6. The number of hydrogen-bond donors (Lipinski definition) is 3. The average molecular weight is 280 g/mol. The summed E-state index contributed by atoms with van der Waals surface area (Å²) >= 11 is 0. The number of hydrogen-bond acceptors (Lipinski definition) is 4. The van der Waals surface area contributed by atoms with E-state index in [2.05, 4.69) is 5.32 Å². The molecule has 0 radical (unpaired) electrons. The van der Waals surface area contributed by atoms with Gasteiger partial charge in [-0.25, -0.2) is 4.79 Å². The van der Waals surface area contributed by atoms with E-state index in [0.29, 0.717) is 5.56 Å². The molecule has 20 heavy (non-hydrogen) atoms. The van der Waals surface area contributed by atoms with Crippen LogP contribution in [0.2, 0.25) is 0 Å². The highest BCUT2D eigenvalue weighted by atomic mass is 16.5. The van der Waals surface area contributed by atoms with E-state index >= 15 is 0 Å². The molecule has 0 aromatic heterocycles. The van der Waals surface area contributed by atoms with Crippen LogP contribution in [0.25, 0.3) is 0 Å². The molecule has 0 saturated carbocycles. The van der Waals surface area contributed by atoms with Gasteiger partial charge < -0.3 is 20.9 Å². The van der Waals surface area contributed by atoms with Crippen LogP contribution in [0.4, 0.5) is 0 Å². The highest BCUT2D eigenvalue weighted by molar-refractivity contribution is 5.88. The molecule has 6 heteroatoms. The average Bonchev–Trinajstić information content (AvgIpc) is 2.45. The Morgan fingerprint density at radius 3 is 2.45 bits per heavy atom. The summed E-state index contributed by atoms with van der Waals surface area (Å²) in [6.45, 7) is 1.64. The summed E-state index contributed by atoms with van der Waals surface area (Å²) in [6, 6.07) is 8.54. The van der Waals surface area contributed by atoms with Crippen LogP contribution in [0.3, 0.4) is 0 Å². The fraction of sp³-hybridized carbons (Fsp3) is 0.429. The Hall–Kier alpha value is -1.92. The Kier molecular flexibility index (Phi) is 5.66. The molecule has 0 heterocycles. The molecule has 110 valence electrons. The predicted molar refractivity (Wildman–Crippen MR) is 74.0 cm³/mol. The minimum absolute atomic E-state index is 0.0166. The van der Waals surface area contributed by atoms with Gasteiger partial charge in [-0.15, -0.1) is 0 Å². The molecule has 0 aliphatic rings. The van der Waals surface area contributed by atoms with Gasteiger partial charge in [0.2, 0.25) is 5.91 Å². The summed E-state index contributed by atoms with van der Waals surface area (Å²) < 4.78 is 5.02. The van der Waals surface area contributed by atoms with E-state index in [9.17, 15) is 14.7 Å². The minimum atomic E-state index is -1.48. The molecule has 4 N–H and O–H groups in total. The Morgan fingerprint density at radius 1 is 1.40 bits per heavy atom. The third-order valence-corrected chi connectivity index (χ3v) is 3.18. The van der Waals surface area contributed by atoms with Crippen molar-refractivity contribution in [3.05, 3.63) is 35.9 Å². The number of nitrogens with two attached hydrogens (primary N) is 1. The monoisotopic (exact) mass is 280 g/mol. The molecule has 0 saturated heterocycles. The van der Waals surface area contributed by atoms with Gasteiger partial charge in [0.05, 0.1) is 12.5 Å². The number of carbonyl (C=O) groups excluding carboxylic acids is 1. The second-order valence-electron chi connectivity index (χ2n) is 4.64. The summed E-state index contributed by atoms with van der Waals surface area (Å²) in [6.07, 6.45) is -0.410. The van der Waals surface area contributed by atoms with E-state index in [-0.39, 0.29) is 13.0 Å². The van der Waals surface area contributed by atoms with Gasteiger partial charge in [0.25, 0.3) is 0 Å². The number of ether oxygens (including phenoxy) is 1. The van der Waals surface area contributed by atoms with Gasteiger partial charge in [0, 0.05) is 13.7 Å². The lowest BCUT2D eigenvalue weighted by Gasteiger charge is -2.27. The lowest BCUT2D eigenvalue weighted by atomic mass is 9.92. The van der Waals surface area contributed by atoms with E-state index < -0.39 is 23.5 Å². The number of aliphatic carboxylic acids is 1. The third kappa shape index (κ3) is 3.79. The van der Waals surface area contributed by atoms with Gasteiger partial charge in [0.1, 0.15) is 0 Å². The Labute approximate surface area is 117 Å². The number of carboxylic acids is 1. The molecule has 1 amide bonds. The second-order valence-corrected chi connectivity index (χ2v) is 4.64. The SMILES string of the molecule is COC(CN)CC(=O)NC(C)(C(=O)O)c1ccccc1. The number of carboxylic acid groups (broad SMARTS) is 1. The molecule has 1 rings (SSSR count). The quantitative estimate of drug-likeness (QED) is 0.673. The highest BCUT2D eigenvalue weighted by Gasteiger charge is 2.36. The normalized spacial score (nSPS) is 15.2. The van der Waals surface area contributed by atoms with Gasteiger partial charge in [-0.2, -0.15) is 0 Å². The van der Waals surface area contributed by atoms with Crippen molar-refractivity contribution in [2.75, 3.05) is 13.7 Å². The van der Waals surface area contributed by atoms with Crippen molar-refractivity contribution in [3.63, 3.8) is 0 Å². The molecule has 0 aliphatic heterocycles. The largest absolute Gasteiger partial charge is 0.479 e. The van der Waals surface area contributed by atoms with Crippen LogP contribution >= 0.6 is 0 Å². The molecule has 0 spiro atoms. The van der Waals surface area contributed by atoms with Crippen LogP contribution in [0.1, 0.15) is 18.9 Å². The number of benzene rings is 1. The number of methoxy groups -OCH3 is 1. The molecule has 0 aliphatic carbocycles. The van der Waals surface area contributed by atoms with Crippen LogP contribution < -0.4 is 11.1 Å². The predicted octanol–water partition coefficient (Wildman–Crippen LogP) is 0.466. The van der Waals surface area contributed by atoms with Crippen molar-refractivity contribution in [3.8, 4) is 0 Å². The van der Waals surface area contributed by atoms with E-state index in [1.165, 1.54) is 14.0 Å². The Balaban J connectivity index is 2.88. The zero-order valence-corrected chi connectivity index (χ0v) is 11.6. The Bertz CT molecular complexity index is 460. The van der Waals surface area contributed by atoms with Crippen molar-refractivity contribution >= 4 is 11.9 Å². The van der Waals surface area contributed by atoms with Crippen molar-refractivity contribution in [2.45, 2.75) is 25.0 Å². The summed E-state index contributed by atoms with van der Waals surface area (Å²) in [5, 5.41) is 11.9. The second kappa shape index (κ2) is 7.02. The van der Waals surface area contributed by atoms with Crippen molar-refractivity contribution in [1.82, 2.24) is 5.32 Å². The molecular formula is C14H20N2O4. The fourth-order valence-corrected chi connectivity index (χ4v) is 1.82. The standard InChI is InChI=1S/C14H20N2O4/c1-14(13(18)19,10-6-4-3-5-7-10)16-12(17)8-11(9-15)20-2/h3-7,11H,8-9,15H2,1-2H3,(H,16,17)(H,18,19). The molecule has 2 atom stereocenters. The molecule has 1 aromatic rings. The molecule has 6 nitrogen and oxygen atoms in total. The first-order valence-corrected chi connectivity index (χ1v) is 6.26. The van der Waals surface area contributed by atoms with Gasteiger partial charge >= 0.3 is 5.97 Å². The molecular weight excluding hydrogens is 260 g/mol. The summed E-state index contributed by atoms with van der Waals surface area (Å²) in [4.78, 5) is 23.5. The molecule has 2 unspecified atom stereocenters. The smallest absolute Gasteiger partial charge is 0.333 e. The van der Waals surface area contributed by atoms with Crippen LogP contribution in [0.5, 0.6) is 0 Å². The lowest BCUT2D eigenvalue weighted by Crippen LogP contribution is -2.50. The van der Waals surface area contributed by atoms with Crippen molar-refractivity contribution < 1.29 is 19.4 Å². The van der Waals surface area contributed by atoms with E-state index in [1.54, 1.807) is 30.3 Å². The lowest BCUT2D eigenvalue weighted by molar-refractivity contribution is -0.147. The highest BCUT2D eigenvalue weighted by Crippen LogP contribution is 2.21. The molecule has 1 aromatic carbocycles. The van der Waals surface area contributed by atoms with E-state index in [0.717, 1.165) is 0 Å². The minimum Gasteiger partial charge on any atom is -0.479 e.